The van der Waals surface area contributed by atoms with E-state index in [0.29, 0.717) is 15.6 Å². The molecule has 0 spiro atoms. The molecule has 0 saturated heterocycles. The maximum Gasteiger partial charge on any atom is 0.328 e. The van der Waals surface area contributed by atoms with Crippen LogP contribution in [0.4, 0.5) is 5.13 Å². The second-order valence-corrected chi connectivity index (χ2v) is 5.80. The summed E-state index contributed by atoms with van der Waals surface area (Å²) in [4.78, 5) is 28.2. The van der Waals surface area contributed by atoms with Gasteiger partial charge in [-0.3, -0.25) is 10.1 Å². The highest BCUT2D eigenvalue weighted by molar-refractivity contribution is 7.98. The molecule has 1 aromatic carbocycles. The summed E-state index contributed by atoms with van der Waals surface area (Å²) < 4.78 is 0. The lowest BCUT2D eigenvalue weighted by atomic mass is 10.2. The fourth-order valence-electron chi connectivity index (χ4n) is 1.57. The smallest absolute Gasteiger partial charge is 0.328 e. The quantitative estimate of drug-likeness (QED) is 0.653. The largest absolute Gasteiger partial charge is 0.478 e. The van der Waals surface area contributed by atoms with E-state index in [1.165, 1.54) is 35.4 Å². The summed E-state index contributed by atoms with van der Waals surface area (Å²) in [7, 11) is 0. The number of thiazole rings is 1. The molecule has 0 aliphatic heterocycles. The molecule has 0 fully saturated rings. The van der Waals surface area contributed by atoms with Crippen LogP contribution in [0.5, 0.6) is 0 Å². The summed E-state index contributed by atoms with van der Waals surface area (Å²) in [6.45, 7) is 0. The molecule has 21 heavy (non-hydrogen) atoms. The van der Waals surface area contributed by atoms with E-state index in [1.54, 1.807) is 12.1 Å². The molecule has 7 heteroatoms. The predicted molar refractivity (Wildman–Crippen MR) is 85.0 cm³/mol. The van der Waals surface area contributed by atoms with Crippen molar-refractivity contribution in [3.05, 3.63) is 47.0 Å². The van der Waals surface area contributed by atoms with Gasteiger partial charge < -0.3 is 5.11 Å². The van der Waals surface area contributed by atoms with Gasteiger partial charge in [0.1, 0.15) is 0 Å². The SMILES string of the molecule is CSc1ccccc1C(=O)Nc1ncc(C=CC(=O)O)s1. The molecule has 1 aromatic heterocycles. The van der Waals surface area contributed by atoms with Crippen molar-refractivity contribution >= 4 is 46.2 Å². The summed E-state index contributed by atoms with van der Waals surface area (Å²) in [6.07, 6.45) is 5.89. The number of benzene rings is 1. The van der Waals surface area contributed by atoms with Crippen LogP contribution in [0.25, 0.3) is 6.08 Å². The van der Waals surface area contributed by atoms with Gasteiger partial charge in [0.05, 0.1) is 5.56 Å². The Morgan fingerprint density at radius 3 is 2.86 bits per heavy atom. The lowest BCUT2D eigenvalue weighted by Gasteiger charge is -2.05. The lowest BCUT2D eigenvalue weighted by molar-refractivity contribution is -0.131. The second-order valence-electron chi connectivity index (χ2n) is 3.89. The molecule has 0 bridgehead atoms. The Hall–Kier alpha value is -2.12. The van der Waals surface area contributed by atoms with E-state index < -0.39 is 5.97 Å². The molecule has 108 valence electrons. The molecule has 0 radical (unpaired) electrons. The third-order valence-corrected chi connectivity index (χ3v) is 4.16. The van der Waals surface area contributed by atoms with Crippen LogP contribution in [0.1, 0.15) is 15.2 Å². The first-order valence-electron chi connectivity index (χ1n) is 5.91. The number of carbonyl (C=O) groups excluding carboxylic acids is 1. The average molecular weight is 320 g/mol. The fraction of sp³-hybridized carbons (Fsp3) is 0.0714. The highest BCUT2D eigenvalue weighted by atomic mass is 32.2. The van der Waals surface area contributed by atoms with Gasteiger partial charge in [-0.05, 0) is 24.5 Å². The Morgan fingerprint density at radius 1 is 1.38 bits per heavy atom. The van der Waals surface area contributed by atoms with Crippen LogP contribution >= 0.6 is 23.1 Å². The van der Waals surface area contributed by atoms with E-state index in [9.17, 15) is 9.59 Å². The normalized spacial score (nSPS) is 10.7. The lowest BCUT2D eigenvalue weighted by Crippen LogP contribution is -2.12. The Kier molecular flexibility index (Phi) is 5.13. The number of carboxylic acid groups (broad SMARTS) is 1. The van der Waals surface area contributed by atoms with Crippen LogP contribution in [-0.4, -0.2) is 28.2 Å². The summed E-state index contributed by atoms with van der Waals surface area (Å²) in [5.41, 5.74) is 0.586. The van der Waals surface area contributed by atoms with Gasteiger partial charge in [0.25, 0.3) is 5.91 Å². The van der Waals surface area contributed by atoms with Crippen LogP contribution in [0.15, 0.2) is 41.4 Å². The Morgan fingerprint density at radius 2 is 2.14 bits per heavy atom. The standard InChI is InChI=1S/C14H12N2O3S2/c1-20-11-5-3-2-4-10(11)13(19)16-14-15-8-9(21-14)6-7-12(17)18/h2-8H,1H3,(H,17,18)(H,15,16,19). The number of amides is 1. The third kappa shape index (κ3) is 4.17. The van der Waals surface area contributed by atoms with E-state index in [4.69, 9.17) is 5.11 Å². The van der Waals surface area contributed by atoms with Crippen LogP contribution in [0.3, 0.4) is 0 Å². The van der Waals surface area contributed by atoms with Crippen molar-refractivity contribution in [1.29, 1.82) is 0 Å². The monoisotopic (exact) mass is 320 g/mol. The van der Waals surface area contributed by atoms with E-state index in [-0.39, 0.29) is 5.91 Å². The molecule has 0 saturated carbocycles. The molecule has 2 aromatic rings. The Bertz CT molecular complexity index is 695. The molecular formula is C14H12N2O3S2. The van der Waals surface area contributed by atoms with Crippen LogP contribution in [-0.2, 0) is 4.79 Å². The number of aliphatic carboxylic acids is 1. The molecule has 1 heterocycles. The molecule has 5 nitrogen and oxygen atoms in total. The molecule has 1 amide bonds. The number of thioether (sulfide) groups is 1. The van der Waals surface area contributed by atoms with Gasteiger partial charge in [-0.1, -0.05) is 23.5 Å². The van der Waals surface area contributed by atoms with Crippen LogP contribution < -0.4 is 5.32 Å². The van der Waals surface area contributed by atoms with Crippen molar-refractivity contribution in [2.75, 3.05) is 11.6 Å². The van der Waals surface area contributed by atoms with Crippen molar-refractivity contribution < 1.29 is 14.7 Å². The van der Waals surface area contributed by atoms with Gasteiger partial charge in [0, 0.05) is 22.0 Å². The van der Waals surface area contributed by atoms with Gasteiger partial charge in [0.2, 0.25) is 0 Å². The van der Waals surface area contributed by atoms with Gasteiger partial charge in [-0.2, -0.15) is 0 Å². The Balaban J connectivity index is 2.11. The van der Waals surface area contributed by atoms with Crippen molar-refractivity contribution in [1.82, 2.24) is 4.98 Å². The first-order valence-corrected chi connectivity index (χ1v) is 7.95. The van der Waals surface area contributed by atoms with Gasteiger partial charge in [0.15, 0.2) is 5.13 Å². The zero-order valence-corrected chi connectivity index (χ0v) is 12.7. The average Bonchev–Trinajstić information content (AvgIpc) is 2.92. The fourth-order valence-corrected chi connectivity index (χ4v) is 2.88. The summed E-state index contributed by atoms with van der Waals surface area (Å²) in [6, 6.07) is 7.31. The number of rotatable bonds is 5. The minimum Gasteiger partial charge on any atom is -0.478 e. The van der Waals surface area contributed by atoms with Crippen molar-refractivity contribution in [2.45, 2.75) is 4.90 Å². The summed E-state index contributed by atoms with van der Waals surface area (Å²) >= 11 is 2.71. The number of hydrogen-bond acceptors (Lipinski definition) is 5. The molecule has 0 atom stereocenters. The number of aromatic nitrogens is 1. The number of carbonyl (C=O) groups is 2. The van der Waals surface area contributed by atoms with Crippen molar-refractivity contribution in [3.63, 3.8) is 0 Å². The zero-order chi connectivity index (χ0) is 15.2. The maximum absolute atomic E-state index is 12.2. The molecular weight excluding hydrogens is 308 g/mol. The number of hydrogen-bond donors (Lipinski definition) is 2. The van der Waals surface area contributed by atoms with E-state index in [0.717, 1.165) is 11.0 Å². The summed E-state index contributed by atoms with van der Waals surface area (Å²) in [5.74, 6) is -1.26. The van der Waals surface area contributed by atoms with Gasteiger partial charge in [-0.15, -0.1) is 11.8 Å². The van der Waals surface area contributed by atoms with Crippen LogP contribution in [0.2, 0.25) is 0 Å². The van der Waals surface area contributed by atoms with Crippen molar-refractivity contribution in [2.24, 2.45) is 0 Å². The molecule has 0 aliphatic rings. The number of anilines is 1. The first kappa shape index (κ1) is 15.3. The first-order chi connectivity index (χ1) is 10.1. The summed E-state index contributed by atoms with van der Waals surface area (Å²) in [5, 5.41) is 11.7. The molecule has 2 rings (SSSR count). The minimum atomic E-state index is -1.03. The Labute approximate surface area is 129 Å². The number of carboxylic acids is 1. The second kappa shape index (κ2) is 7.05. The highest BCUT2D eigenvalue weighted by Crippen LogP contribution is 2.23. The maximum atomic E-state index is 12.2. The van der Waals surface area contributed by atoms with E-state index >= 15 is 0 Å². The van der Waals surface area contributed by atoms with Gasteiger partial charge in [-0.25, -0.2) is 9.78 Å². The predicted octanol–water partition coefficient (Wildman–Crippen LogP) is 3.22. The van der Waals surface area contributed by atoms with Gasteiger partial charge >= 0.3 is 5.97 Å². The van der Waals surface area contributed by atoms with E-state index in [2.05, 4.69) is 10.3 Å². The molecule has 2 N–H and O–H groups in total. The minimum absolute atomic E-state index is 0.233. The highest BCUT2D eigenvalue weighted by Gasteiger charge is 2.12. The molecule has 0 unspecified atom stereocenters. The topological polar surface area (TPSA) is 79.3 Å². The number of nitrogens with zero attached hydrogens (tertiary/aromatic N) is 1. The van der Waals surface area contributed by atoms with E-state index in [1.807, 2.05) is 18.4 Å². The molecule has 0 aliphatic carbocycles. The third-order valence-electron chi connectivity index (χ3n) is 2.49. The van der Waals surface area contributed by atoms with Crippen LogP contribution in [0, 0.1) is 0 Å². The zero-order valence-electron chi connectivity index (χ0n) is 11.1. The number of nitrogens with one attached hydrogen (secondary N) is 1. The van der Waals surface area contributed by atoms with Crippen molar-refractivity contribution in [3.8, 4) is 0 Å².